The fraction of sp³-hybridized carbons (Fsp3) is 0.176. The van der Waals surface area contributed by atoms with E-state index in [0.29, 0.717) is 16.6 Å². The molecule has 0 aliphatic heterocycles. The number of halogens is 5. The number of amides is 1. The van der Waals surface area contributed by atoms with Crippen LogP contribution in [0.25, 0.3) is 0 Å². The number of carboxylic acids is 1. The average Bonchev–Trinajstić information content (AvgIpc) is 2.55. The maximum Gasteiger partial charge on any atom is 0.416 e. The first-order valence-electron chi connectivity index (χ1n) is 7.36. The van der Waals surface area contributed by atoms with E-state index < -0.39 is 41.8 Å². The van der Waals surface area contributed by atoms with Crippen molar-refractivity contribution in [3.8, 4) is 5.75 Å². The van der Waals surface area contributed by atoms with E-state index in [4.69, 9.17) is 9.84 Å². The van der Waals surface area contributed by atoms with Crippen LogP contribution in [-0.4, -0.2) is 23.6 Å². The third kappa shape index (κ3) is 5.95. The lowest BCUT2D eigenvalue weighted by atomic mass is 10.1. The Hall–Kier alpha value is -2.62. The lowest BCUT2D eigenvalue weighted by Gasteiger charge is -2.14. The second-order valence-electron chi connectivity index (χ2n) is 5.35. The van der Waals surface area contributed by atoms with Crippen LogP contribution >= 0.6 is 15.9 Å². The average molecular weight is 450 g/mol. The van der Waals surface area contributed by atoms with Crippen LogP contribution in [0.3, 0.4) is 0 Å². The van der Waals surface area contributed by atoms with Gasteiger partial charge in [-0.2, -0.15) is 13.2 Å². The molecule has 0 radical (unpaired) electrons. The van der Waals surface area contributed by atoms with Crippen molar-refractivity contribution in [3.63, 3.8) is 0 Å². The summed E-state index contributed by atoms with van der Waals surface area (Å²) in [5.41, 5.74) is -1.15. The fourth-order valence-corrected chi connectivity index (χ4v) is 2.43. The first-order chi connectivity index (χ1) is 12.6. The van der Waals surface area contributed by atoms with Crippen molar-refractivity contribution < 1.29 is 37.0 Å². The Morgan fingerprint density at radius 2 is 1.85 bits per heavy atom. The number of hydrogen-bond acceptors (Lipinski definition) is 3. The fourth-order valence-electron chi connectivity index (χ4n) is 2.09. The maximum absolute atomic E-state index is 13.8. The number of carbonyl (C=O) groups is 2. The van der Waals surface area contributed by atoms with Crippen LogP contribution in [-0.2, 0) is 22.2 Å². The molecule has 10 heteroatoms. The Kier molecular flexibility index (Phi) is 6.42. The van der Waals surface area contributed by atoms with Crippen molar-refractivity contribution in [2.75, 3.05) is 11.9 Å². The van der Waals surface area contributed by atoms with Crippen molar-refractivity contribution in [1.29, 1.82) is 0 Å². The number of aliphatic carboxylic acids is 1. The molecule has 0 aromatic heterocycles. The van der Waals surface area contributed by atoms with Gasteiger partial charge in [0.15, 0.2) is 6.61 Å². The second-order valence-corrected chi connectivity index (χ2v) is 6.27. The number of hydrogen-bond donors (Lipinski definition) is 2. The molecule has 2 aromatic rings. The molecule has 0 atom stereocenters. The predicted octanol–water partition coefficient (Wildman–Crippen LogP) is 4.25. The minimum Gasteiger partial charge on any atom is -0.480 e. The molecular formula is C17H12BrF4NO4. The Morgan fingerprint density at radius 3 is 2.44 bits per heavy atom. The van der Waals surface area contributed by atoms with Gasteiger partial charge in [-0.3, -0.25) is 4.79 Å². The van der Waals surface area contributed by atoms with Crippen molar-refractivity contribution >= 4 is 33.5 Å². The van der Waals surface area contributed by atoms with Gasteiger partial charge in [0.2, 0.25) is 5.91 Å². The highest BCUT2D eigenvalue weighted by Gasteiger charge is 2.31. The van der Waals surface area contributed by atoms with Crippen molar-refractivity contribution in [2.45, 2.75) is 12.6 Å². The van der Waals surface area contributed by atoms with Gasteiger partial charge in [0.05, 0.1) is 17.7 Å². The topological polar surface area (TPSA) is 75.6 Å². The molecule has 0 saturated carbocycles. The number of carbonyl (C=O) groups excluding carboxylic acids is 1. The highest BCUT2D eigenvalue weighted by molar-refractivity contribution is 9.10. The smallest absolute Gasteiger partial charge is 0.416 e. The summed E-state index contributed by atoms with van der Waals surface area (Å²) in [6.07, 6.45) is -5.05. The van der Waals surface area contributed by atoms with E-state index in [1.807, 2.05) is 0 Å². The highest BCUT2D eigenvalue weighted by atomic mass is 79.9. The number of rotatable bonds is 6. The van der Waals surface area contributed by atoms with E-state index in [1.165, 1.54) is 18.2 Å². The van der Waals surface area contributed by atoms with E-state index >= 15 is 0 Å². The van der Waals surface area contributed by atoms with Gasteiger partial charge in [0, 0.05) is 4.47 Å². The molecule has 5 nitrogen and oxygen atoms in total. The van der Waals surface area contributed by atoms with Crippen LogP contribution in [0.2, 0.25) is 0 Å². The van der Waals surface area contributed by atoms with Crippen molar-refractivity contribution in [2.24, 2.45) is 0 Å². The van der Waals surface area contributed by atoms with Gasteiger partial charge in [0.25, 0.3) is 0 Å². The SMILES string of the molecule is O=C(O)COc1cc(C(F)(F)F)ccc1NC(=O)Cc1ccc(Br)cc1F. The first kappa shape index (κ1) is 20.7. The molecule has 2 aromatic carbocycles. The molecule has 0 saturated heterocycles. The lowest BCUT2D eigenvalue weighted by Crippen LogP contribution is -2.18. The second kappa shape index (κ2) is 8.38. The van der Waals surface area contributed by atoms with Gasteiger partial charge in [-0.25, -0.2) is 9.18 Å². The summed E-state index contributed by atoms with van der Waals surface area (Å²) in [6, 6.07) is 6.32. The summed E-state index contributed by atoms with van der Waals surface area (Å²) in [4.78, 5) is 22.7. The monoisotopic (exact) mass is 449 g/mol. The predicted molar refractivity (Wildman–Crippen MR) is 91.0 cm³/mol. The molecule has 0 heterocycles. The van der Waals surface area contributed by atoms with Crippen LogP contribution in [0.4, 0.5) is 23.2 Å². The molecule has 1 amide bonds. The molecule has 0 aliphatic rings. The third-order valence-electron chi connectivity index (χ3n) is 3.30. The molecule has 27 heavy (non-hydrogen) atoms. The van der Waals surface area contributed by atoms with Crippen molar-refractivity contribution in [1.82, 2.24) is 0 Å². The normalized spacial score (nSPS) is 11.1. The van der Waals surface area contributed by atoms with Gasteiger partial charge in [-0.1, -0.05) is 22.0 Å². The van der Waals surface area contributed by atoms with E-state index in [1.54, 1.807) is 0 Å². The van der Waals surface area contributed by atoms with Gasteiger partial charge in [-0.15, -0.1) is 0 Å². The van der Waals surface area contributed by atoms with Crippen LogP contribution < -0.4 is 10.1 Å². The lowest BCUT2D eigenvalue weighted by molar-refractivity contribution is -0.139. The quantitative estimate of drug-likeness (QED) is 0.646. The Balaban J connectivity index is 2.22. The van der Waals surface area contributed by atoms with Crippen molar-refractivity contribution in [3.05, 3.63) is 57.8 Å². The molecule has 2 N–H and O–H groups in total. The third-order valence-corrected chi connectivity index (χ3v) is 3.79. The molecule has 0 bridgehead atoms. The van der Waals surface area contributed by atoms with E-state index in [2.05, 4.69) is 21.2 Å². The molecular weight excluding hydrogens is 438 g/mol. The van der Waals surface area contributed by atoms with Crippen LogP contribution in [0.1, 0.15) is 11.1 Å². The van der Waals surface area contributed by atoms with Gasteiger partial charge in [-0.05, 0) is 35.9 Å². The van der Waals surface area contributed by atoms with E-state index in [-0.39, 0.29) is 17.7 Å². The van der Waals surface area contributed by atoms with Crippen LogP contribution in [0.15, 0.2) is 40.9 Å². The zero-order valence-electron chi connectivity index (χ0n) is 13.4. The highest BCUT2D eigenvalue weighted by Crippen LogP contribution is 2.35. The Bertz CT molecular complexity index is 870. The molecule has 144 valence electrons. The number of nitrogens with one attached hydrogen (secondary N) is 1. The zero-order valence-corrected chi connectivity index (χ0v) is 15.0. The van der Waals surface area contributed by atoms with Crippen LogP contribution in [0.5, 0.6) is 5.75 Å². The van der Waals surface area contributed by atoms with Crippen LogP contribution in [0, 0.1) is 5.82 Å². The number of carboxylic acid groups (broad SMARTS) is 1. The largest absolute Gasteiger partial charge is 0.480 e. The zero-order chi connectivity index (χ0) is 20.2. The molecule has 0 aliphatic carbocycles. The number of benzene rings is 2. The molecule has 0 fully saturated rings. The van der Waals surface area contributed by atoms with E-state index in [0.717, 1.165) is 6.07 Å². The molecule has 2 rings (SSSR count). The number of ether oxygens (including phenoxy) is 1. The standard InChI is InChI=1S/C17H12BrF4NO4/c18-11-3-1-9(12(19)7-11)5-15(24)23-13-4-2-10(17(20,21)22)6-14(13)27-8-16(25)26/h1-4,6-7H,5,8H2,(H,23,24)(H,25,26). The number of alkyl halides is 3. The van der Waals surface area contributed by atoms with Gasteiger partial charge in [0.1, 0.15) is 11.6 Å². The summed E-state index contributed by atoms with van der Waals surface area (Å²) in [5, 5.41) is 10.9. The molecule has 0 unspecified atom stereocenters. The minimum atomic E-state index is -4.68. The number of anilines is 1. The van der Waals surface area contributed by atoms with Gasteiger partial charge >= 0.3 is 12.1 Å². The molecule has 0 spiro atoms. The summed E-state index contributed by atoms with van der Waals surface area (Å²) in [7, 11) is 0. The summed E-state index contributed by atoms with van der Waals surface area (Å²) in [6.45, 7) is -0.897. The maximum atomic E-state index is 13.8. The summed E-state index contributed by atoms with van der Waals surface area (Å²) >= 11 is 3.08. The van der Waals surface area contributed by atoms with E-state index in [9.17, 15) is 27.2 Å². The van der Waals surface area contributed by atoms with Gasteiger partial charge < -0.3 is 15.2 Å². The summed E-state index contributed by atoms with van der Waals surface area (Å²) in [5.74, 6) is -3.20. The first-order valence-corrected chi connectivity index (χ1v) is 8.15. The Labute approximate surface area is 159 Å². The Morgan fingerprint density at radius 1 is 1.15 bits per heavy atom. The summed E-state index contributed by atoms with van der Waals surface area (Å²) < 4.78 is 57.6. The minimum absolute atomic E-state index is 0.0793.